The van der Waals surface area contributed by atoms with E-state index in [1.165, 1.54) is 37.5 Å². The molecule has 0 saturated heterocycles. The van der Waals surface area contributed by atoms with Crippen molar-refractivity contribution in [3.05, 3.63) is 65.6 Å². The van der Waals surface area contributed by atoms with Gasteiger partial charge in [0.25, 0.3) is 5.91 Å². The third-order valence-corrected chi connectivity index (χ3v) is 4.66. The number of carbonyl (C=O) groups is 3. The molecule has 0 spiro atoms. The molecule has 11 heteroatoms. The number of carboxylic acids is 1. The molecule has 162 valence electrons. The summed E-state index contributed by atoms with van der Waals surface area (Å²) in [5.74, 6) is -2.37. The number of nitrogens with one attached hydrogen (secondary N) is 2. The van der Waals surface area contributed by atoms with E-state index in [0.29, 0.717) is 22.2 Å². The molecule has 0 aliphatic rings. The first-order valence-electron chi connectivity index (χ1n) is 9.44. The Kier molecular flexibility index (Phi) is 5.48. The number of rotatable bonds is 5. The summed E-state index contributed by atoms with van der Waals surface area (Å²) in [6.07, 6.45) is 3.00. The van der Waals surface area contributed by atoms with Crippen LogP contribution in [-0.4, -0.2) is 38.2 Å². The number of hydrogen-bond donors (Lipinski definition) is 3. The molecular formula is C22H14N6O5. The normalized spacial score (nSPS) is 10.4. The number of aromatic carboxylic acids is 1. The van der Waals surface area contributed by atoms with Crippen molar-refractivity contribution < 1.29 is 24.0 Å². The van der Waals surface area contributed by atoms with Gasteiger partial charge in [-0.2, -0.15) is 15.5 Å². The van der Waals surface area contributed by atoms with Crippen LogP contribution in [0.4, 0.5) is 11.4 Å². The van der Waals surface area contributed by atoms with Crippen LogP contribution >= 0.6 is 0 Å². The number of carboxylic acid groups (broad SMARTS) is 1. The van der Waals surface area contributed by atoms with Crippen molar-refractivity contribution in [3.63, 3.8) is 0 Å². The number of benzene rings is 2. The first-order valence-corrected chi connectivity index (χ1v) is 9.44. The maximum absolute atomic E-state index is 12.9. The average molecular weight is 442 g/mol. The molecule has 0 aliphatic heterocycles. The summed E-state index contributed by atoms with van der Waals surface area (Å²) in [4.78, 5) is 36.2. The predicted octanol–water partition coefficient (Wildman–Crippen LogP) is 3.07. The monoisotopic (exact) mass is 442 g/mol. The Morgan fingerprint density at radius 3 is 2.55 bits per heavy atom. The SMILES string of the molecule is CC(=O)Nc1cc2c(C(=O)Nc3ccc(C#N)cc3C(=O)O)noc2cc1-c1ccnnc1. The van der Waals surface area contributed by atoms with Gasteiger partial charge in [0, 0.05) is 23.7 Å². The van der Waals surface area contributed by atoms with E-state index >= 15 is 0 Å². The summed E-state index contributed by atoms with van der Waals surface area (Å²) in [6, 6.07) is 10.5. The van der Waals surface area contributed by atoms with Crippen LogP contribution in [0.1, 0.15) is 33.3 Å². The second kappa shape index (κ2) is 8.56. The van der Waals surface area contributed by atoms with Gasteiger partial charge in [-0.15, -0.1) is 0 Å². The van der Waals surface area contributed by atoms with Crippen molar-refractivity contribution in [2.45, 2.75) is 6.92 Å². The highest BCUT2D eigenvalue weighted by Crippen LogP contribution is 2.34. The maximum Gasteiger partial charge on any atom is 0.337 e. The van der Waals surface area contributed by atoms with Gasteiger partial charge in [-0.25, -0.2) is 4.79 Å². The van der Waals surface area contributed by atoms with Gasteiger partial charge in [-0.05, 0) is 36.4 Å². The Labute approximate surface area is 185 Å². The van der Waals surface area contributed by atoms with E-state index in [1.54, 1.807) is 12.1 Å². The van der Waals surface area contributed by atoms with Gasteiger partial charge >= 0.3 is 5.97 Å². The number of nitriles is 1. The van der Waals surface area contributed by atoms with Crippen molar-refractivity contribution in [2.75, 3.05) is 10.6 Å². The Morgan fingerprint density at radius 2 is 1.88 bits per heavy atom. The van der Waals surface area contributed by atoms with Gasteiger partial charge in [0.05, 0.1) is 40.7 Å². The largest absolute Gasteiger partial charge is 0.478 e. The van der Waals surface area contributed by atoms with Crippen LogP contribution < -0.4 is 10.6 Å². The van der Waals surface area contributed by atoms with E-state index in [-0.39, 0.29) is 34.0 Å². The topological polar surface area (TPSA) is 171 Å². The third-order valence-electron chi connectivity index (χ3n) is 4.66. The minimum atomic E-state index is -1.31. The summed E-state index contributed by atoms with van der Waals surface area (Å²) < 4.78 is 5.33. The lowest BCUT2D eigenvalue weighted by atomic mass is 10.0. The van der Waals surface area contributed by atoms with Gasteiger partial charge in [0.1, 0.15) is 0 Å². The molecule has 3 N–H and O–H groups in total. The highest BCUT2D eigenvalue weighted by Gasteiger charge is 2.22. The second-order valence-corrected chi connectivity index (χ2v) is 6.87. The zero-order valence-corrected chi connectivity index (χ0v) is 17.0. The molecule has 0 saturated carbocycles. The van der Waals surface area contributed by atoms with Crippen molar-refractivity contribution in [2.24, 2.45) is 0 Å². The van der Waals surface area contributed by atoms with E-state index in [4.69, 9.17) is 9.78 Å². The molecule has 11 nitrogen and oxygen atoms in total. The molecule has 33 heavy (non-hydrogen) atoms. The van der Waals surface area contributed by atoms with Crippen LogP contribution in [0, 0.1) is 11.3 Å². The first kappa shape index (κ1) is 21.1. The van der Waals surface area contributed by atoms with Crippen LogP contribution in [0.5, 0.6) is 0 Å². The number of anilines is 2. The fourth-order valence-electron chi connectivity index (χ4n) is 3.21. The summed E-state index contributed by atoms with van der Waals surface area (Å²) in [6.45, 7) is 1.35. The predicted molar refractivity (Wildman–Crippen MR) is 115 cm³/mol. The van der Waals surface area contributed by atoms with Crippen LogP contribution in [-0.2, 0) is 4.79 Å². The van der Waals surface area contributed by atoms with E-state index in [9.17, 15) is 19.5 Å². The van der Waals surface area contributed by atoms with Crippen molar-refractivity contribution >= 4 is 40.1 Å². The van der Waals surface area contributed by atoms with Gasteiger partial charge in [0.2, 0.25) is 5.91 Å². The summed E-state index contributed by atoms with van der Waals surface area (Å²) in [5, 5.41) is 35.3. The molecule has 0 atom stereocenters. The lowest BCUT2D eigenvalue weighted by Crippen LogP contribution is -2.15. The van der Waals surface area contributed by atoms with Gasteiger partial charge in [-0.3, -0.25) is 9.59 Å². The molecule has 4 rings (SSSR count). The molecule has 0 bridgehead atoms. The molecule has 0 aliphatic carbocycles. The minimum absolute atomic E-state index is 0.00999. The Balaban J connectivity index is 1.77. The quantitative estimate of drug-likeness (QED) is 0.420. The Bertz CT molecular complexity index is 1460. The average Bonchev–Trinajstić information content (AvgIpc) is 3.21. The lowest BCUT2D eigenvalue weighted by Gasteiger charge is -2.10. The van der Waals surface area contributed by atoms with Crippen LogP contribution in [0.15, 0.2) is 53.3 Å². The number of fused-ring (bicyclic) bond motifs is 1. The molecule has 0 fully saturated rings. The molecular weight excluding hydrogens is 428 g/mol. The molecule has 2 heterocycles. The number of amides is 2. The fraction of sp³-hybridized carbons (Fsp3) is 0.0455. The van der Waals surface area contributed by atoms with Gasteiger partial charge in [-0.1, -0.05) is 5.16 Å². The Morgan fingerprint density at radius 1 is 1.06 bits per heavy atom. The molecule has 2 aromatic heterocycles. The minimum Gasteiger partial charge on any atom is -0.478 e. The molecule has 4 aromatic rings. The number of hydrogen-bond acceptors (Lipinski definition) is 8. The maximum atomic E-state index is 12.9. The zero-order chi connectivity index (χ0) is 23.5. The highest BCUT2D eigenvalue weighted by atomic mass is 16.5. The second-order valence-electron chi connectivity index (χ2n) is 6.87. The Hall–Kier alpha value is -5.11. The number of carbonyl (C=O) groups excluding carboxylic acids is 2. The zero-order valence-electron chi connectivity index (χ0n) is 17.0. The van der Waals surface area contributed by atoms with E-state index in [0.717, 1.165) is 6.07 Å². The molecule has 2 amide bonds. The van der Waals surface area contributed by atoms with E-state index < -0.39 is 11.9 Å². The smallest absolute Gasteiger partial charge is 0.337 e. The van der Waals surface area contributed by atoms with Gasteiger partial charge < -0.3 is 20.3 Å². The van der Waals surface area contributed by atoms with Crippen molar-refractivity contribution in [1.82, 2.24) is 15.4 Å². The van der Waals surface area contributed by atoms with Crippen molar-refractivity contribution in [3.8, 4) is 17.2 Å². The van der Waals surface area contributed by atoms with Crippen LogP contribution in [0.3, 0.4) is 0 Å². The summed E-state index contributed by atoms with van der Waals surface area (Å²) in [5.41, 5.74) is 1.65. The molecule has 0 unspecified atom stereocenters. The van der Waals surface area contributed by atoms with E-state index in [2.05, 4.69) is 26.0 Å². The third kappa shape index (κ3) is 4.21. The van der Waals surface area contributed by atoms with Crippen LogP contribution in [0.2, 0.25) is 0 Å². The van der Waals surface area contributed by atoms with Crippen LogP contribution in [0.25, 0.3) is 22.1 Å². The van der Waals surface area contributed by atoms with Gasteiger partial charge in [0.15, 0.2) is 11.3 Å². The first-order chi connectivity index (χ1) is 15.9. The van der Waals surface area contributed by atoms with Crippen molar-refractivity contribution in [1.29, 1.82) is 5.26 Å². The number of nitrogens with zero attached hydrogens (tertiary/aromatic N) is 4. The number of aromatic nitrogens is 3. The summed E-state index contributed by atoms with van der Waals surface area (Å²) in [7, 11) is 0. The summed E-state index contributed by atoms with van der Waals surface area (Å²) >= 11 is 0. The lowest BCUT2D eigenvalue weighted by molar-refractivity contribution is -0.114. The molecule has 0 radical (unpaired) electrons. The highest BCUT2D eigenvalue weighted by molar-refractivity contribution is 6.14. The fourth-order valence-corrected chi connectivity index (χ4v) is 3.21. The van der Waals surface area contributed by atoms with E-state index in [1.807, 2.05) is 6.07 Å². The standard InChI is InChI=1S/C22H14N6O5/c1-11(29)26-18-7-16-19(8-14(18)13-4-5-24-25-10-13)33-28-20(16)21(30)27-17-3-2-12(9-23)6-15(17)22(31)32/h2-8,10H,1H3,(H,26,29)(H,27,30)(H,31,32). The molecule has 2 aromatic carbocycles.